The van der Waals surface area contributed by atoms with Gasteiger partial charge in [-0.15, -0.1) is 12.4 Å². The molecule has 2 amide bonds. The molecule has 0 aromatic heterocycles. The molecule has 0 spiro atoms. The van der Waals surface area contributed by atoms with E-state index >= 15 is 0 Å². The Labute approximate surface area is 331 Å². The number of carbonyl (C=O) groups excluding carboxylic acids is 2. The molecule has 2 aliphatic heterocycles. The van der Waals surface area contributed by atoms with Crippen molar-refractivity contribution in [3.63, 3.8) is 0 Å². The number of nitrogens with zero attached hydrogens (tertiary/aromatic N) is 2. The zero-order chi connectivity index (χ0) is 38.6. The van der Waals surface area contributed by atoms with Gasteiger partial charge >= 0.3 is 0 Å². The molecule has 0 unspecified atom stereocenters. The van der Waals surface area contributed by atoms with Crippen LogP contribution >= 0.6 is 12.4 Å². The lowest BCUT2D eigenvalue weighted by Crippen LogP contribution is -2.52. The third kappa shape index (κ3) is 9.98. The second kappa shape index (κ2) is 18.2. The molecule has 0 bridgehead atoms. The summed E-state index contributed by atoms with van der Waals surface area (Å²) < 4.78 is 46.2. The summed E-state index contributed by atoms with van der Waals surface area (Å²) in [5.41, 5.74) is 2.68. The molecule has 2 heterocycles. The number of likely N-dealkylation sites (N-methyl/N-ethyl adjacent to an activating group) is 1. The number of imide groups is 1. The standard InChI is InChI=1S/C42H52N4O7S.ClH/c1-27(2)45(5)38(20-30-10-12-31(13-11-30)25-46-28(3)8-7-9-29(46)4)42(48)44-41(47)37(34-16-19-39-40(23-34)53-26-52-39)24-43-54(49,50)36-18-15-32-21-35(51-6)17-14-33(32)22-36;/h10-19,21-23,27-29,37-38,43H,7-9,20,24-26H2,1-6H3,(H,44,47,48);1H/t28-,29+,37-,38-;/m1./s1. The first kappa shape index (κ1) is 42.0. The van der Waals surface area contributed by atoms with Gasteiger partial charge in [0.2, 0.25) is 28.6 Å². The first-order chi connectivity index (χ1) is 25.8. The molecular formula is C42H53ClN4O7S. The second-order valence-electron chi connectivity index (χ2n) is 14.8. The van der Waals surface area contributed by atoms with Crippen LogP contribution in [0.5, 0.6) is 17.2 Å². The number of ether oxygens (including phenoxy) is 3. The molecule has 296 valence electrons. The third-order valence-corrected chi connectivity index (χ3v) is 12.4. The maximum Gasteiger partial charge on any atom is 0.244 e. The van der Waals surface area contributed by atoms with Crippen molar-refractivity contribution < 1.29 is 32.2 Å². The van der Waals surface area contributed by atoms with Gasteiger partial charge < -0.3 is 14.2 Å². The maximum absolute atomic E-state index is 14.1. The third-order valence-electron chi connectivity index (χ3n) is 11.0. The summed E-state index contributed by atoms with van der Waals surface area (Å²) in [6.07, 6.45) is 4.07. The summed E-state index contributed by atoms with van der Waals surface area (Å²) in [5, 5.41) is 4.18. The van der Waals surface area contributed by atoms with Crippen LogP contribution in [0.15, 0.2) is 83.8 Å². The minimum Gasteiger partial charge on any atom is -0.497 e. The lowest BCUT2D eigenvalue weighted by molar-refractivity contribution is -0.134. The van der Waals surface area contributed by atoms with Crippen LogP contribution in [0.1, 0.15) is 69.6 Å². The largest absolute Gasteiger partial charge is 0.497 e. The molecule has 6 rings (SSSR count). The van der Waals surface area contributed by atoms with Crippen LogP contribution in [-0.2, 0) is 32.6 Å². The van der Waals surface area contributed by atoms with Gasteiger partial charge in [-0.05, 0) is 118 Å². The van der Waals surface area contributed by atoms with E-state index < -0.39 is 33.8 Å². The van der Waals surface area contributed by atoms with Gasteiger partial charge in [0.1, 0.15) is 5.75 Å². The predicted octanol–water partition coefficient (Wildman–Crippen LogP) is 6.42. The Morgan fingerprint density at radius 1 is 0.873 bits per heavy atom. The monoisotopic (exact) mass is 792 g/mol. The van der Waals surface area contributed by atoms with Crippen molar-refractivity contribution in [2.24, 2.45) is 0 Å². The summed E-state index contributed by atoms with van der Waals surface area (Å²) in [7, 11) is -0.615. The number of amides is 2. The fourth-order valence-corrected chi connectivity index (χ4v) is 8.42. The summed E-state index contributed by atoms with van der Waals surface area (Å²) in [6, 6.07) is 24.0. The normalized spacial score (nSPS) is 18.2. The van der Waals surface area contributed by atoms with Crippen LogP contribution in [0.3, 0.4) is 0 Å². The summed E-state index contributed by atoms with van der Waals surface area (Å²) in [4.78, 5) is 32.7. The van der Waals surface area contributed by atoms with Gasteiger partial charge in [0.15, 0.2) is 11.5 Å². The van der Waals surface area contributed by atoms with Gasteiger partial charge in [-0.2, -0.15) is 0 Å². The van der Waals surface area contributed by atoms with E-state index in [1.165, 1.54) is 30.9 Å². The molecule has 0 saturated carbocycles. The minimum atomic E-state index is -4.06. The Hall–Kier alpha value is -4.20. The maximum atomic E-state index is 14.1. The molecule has 0 aliphatic carbocycles. The number of fused-ring (bicyclic) bond motifs is 2. The number of benzene rings is 4. The van der Waals surface area contributed by atoms with Crippen LogP contribution in [0.25, 0.3) is 10.8 Å². The highest BCUT2D eigenvalue weighted by molar-refractivity contribution is 7.89. The highest BCUT2D eigenvalue weighted by atomic mass is 35.5. The Bertz CT molecular complexity index is 2070. The van der Waals surface area contributed by atoms with Crippen LogP contribution in [0, 0.1) is 0 Å². The lowest BCUT2D eigenvalue weighted by atomic mass is 9.96. The van der Waals surface area contributed by atoms with Crippen LogP contribution in [0.2, 0.25) is 0 Å². The number of rotatable bonds is 14. The average molecular weight is 793 g/mol. The van der Waals surface area contributed by atoms with Gasteiger partial charge in [0.25, 0.3) is 0 Å². The van der Waals surface area contributed by atoms with E-state index in [0.29, 0.717) is 41.3 Å². The number of likely N-dealkylation sites (tertiary alicyclic amines) is 1. The average Bonchev–Trinajstić information content (AvgIpc) is 3.63. The van der Waals surface area contributed by atoms with Gasteiger partial charge in [0, 0.05) is 31.2 Å². The Morgan fingerprint density at radius 3 is 2.22 bits per heavy atom. The van der Waals surface area contributed by atoms with E-state index in [-0.39, 0.29) is 36.7 Å². The van der Waals surface area contributed by atoms with Crippen molar-refractivity contribution in [1.29, 1.82) is 0 Å². The molecular weight excluding hydrogens is 740 g/mol. The molecule has 1 fully saturated rings. The molecule has 55 heavy (non-hydrogen) atoms. The first-order valence-electron chi connectivity index (χ1n) is 18.7. The molecule has 2 aliphatic rings. The Balaban J connectivity index is 0.00000580. The van der Waals surface area contributed by atoms with E-state index in [2.05, 4.69) is 53.1 Å². The molecule has 4 aromatic carbocycles. The van der Waals surface area contributed by atoms with Crippen molar-refractivity contribution in [2.75, 3.05) is 27.5 Å². The number of hydrogen-bond donors (Lipinski definition) is 2. The van der Waals surface area contributed by atoms with Crippen LogP contribution in [-0.4, -0.2) is 81.7 Å². The molecule has 1 saturated heterocycles. The van der Waals surface area contributed by atoms with E-state index in [1.807, 2.05) is 31.9 Å². The lowest BCUT2D eigenvalue weighted by Gasteiger charge is -2.39. The van der Waals surface area contributed by atoms with Crippen molar-refractivity contribution >= 4 is 45.0 Å². The van der Waals surface area contributed by atoms with Crippen LogP contribution < -0.4 is 24.2 Å². The Morgan fingerprint density at radius 2 is 1.53 bits per heavy atom. The molecule has 0 radical (unpaired) electrons. The van der Waals surface area contributed by atoms with Gasteiger partial charge in [-0.25, -0.2) is 13.1 Å². The minimum absolute atomic E-state index is 0. The zero-order valence-electron chi connectivity index (χ0n) is 32.4. The summed E-state index contributed by atoms with van der Waals surface area (Å²) >= 11 is 0. The first-order valence-corrected chi connectivity index (χ1v) is 20.2. The van der Waals surface area contributed by atoms with Crippen LogP contribution in [0.4, 0.5) is 0 Å². The molecule has 13 heteroatoms. The summed E-state index contributed by atoms with van der Waals surface area (Å²) in [6.45, 7) is 9.21. The van der Waals surface area contributed by atoms with Crippen molar-refractivity contribution in [3.05, 3.63) is 95.6 Å². The van der Waals surface area contributed by atoms with Crippen molar-refractivity contribution in [3.8, 4) is 17.2 Å². The number of piperidine rings is 1. The molecule has 4 atom stereocenters. The van der Waals surface area contributed by atoms with E-state index in [1.54, 1.807) is 49.6 Å². The number of carbonyl (C=O) groups is 2. The highest BCUT2D eigenvalue weighted by Gasteiger charge is 2.32. The fraction of sp³-hybridized carbons (Fsp3) is 0.429. The van der Waals surface area contributed by atoms with Gasteiger partial charge in [-0.1, -0.05) is 48.9 Å². The van der Waals surface area contributed by atoms with Gasteiger partial charge in [-0.3, -0.25) is 24.7 Å². The van der Waals surface area contributed by atoms with Crippen molar-refractivity contribution in [1.82, 2.24) is 19.8 Å². The van der Waals surface area contributed by atoms with Crippen molar-refractivity contribution in [2.45, 2.75) is 94.9 Å². The molecule has 2 N–H and O–H groups in total. The molecule has 4 aromatic rings. The zero-order valence-corrected chi connectivity index (χ0v) is 34.0. The predicted molar refractivity (Wildman–Crippen MR) is 217 cm³/mol. The van der Waals surface area contributed by atoms with E-state index in [9.17, 15) is 18.0 Å². The quantitative estimate of drug-likeness (QED) is 0.149. The number of halogens is 1. The van der Waals surface area contributed by atoms with Gasteiger partial charge in [0.05, 0.1) is 24.0 Å². The second-order valence-corrected chi connectivity index (χ2v) is 16.6. The number of hydrogen-bond acceptors (Lipinski definition) is 9. The smallest absolute Gasteiger partial charge is 0.244 e. The Kier molecular flexibility index (Phi) is 13.9. The summed E-state index contributed by atoms with van der Waals surface area (Å²) in [5.74, 6) is -0.534. The molecule has 11 nitrogen and oxygen atoms in total. The highest BCUT2D eigenvalue weighted by Crippen LogP contribution is 2.35. The fourth-order valence-electron chi connectivity index (χ4n) is 7.34. The SMILES string of the molecule is COc1ccc2cc(S(=O)(=O)NC[C@@H](C(=O)NC(=O)[C@@H](Cc3ccc(CN4[C@H](C)CCC[C@@H]4C)cc3)N(C)C(C)C)c3ccc4c(c3)OCO4)ccc2c1.Cl. The van der Waals surface area contributed by atoms with E-state index in [0.717, 1.165) is 22.9 Å². The topological polar surface area (TPSA) is 127 Å². The van der Waals surface area contributed by atoms with E-state index in [4.69, 9.17) is 14.2 Å². The number of methoxy groups -OCH3 is 1. The number of nitrogens with one attached hydrogen (secondary N) is 2. The number of sulfonamides is 1.